The molecule has 0 radical (unpaired) electrons. The summed E-state index contributed by atoms with van der Waals surface area (Å²) in [7, 11) is 0. The fourth-order valence-electron chi connectivity index (χ4n) is 4.32. The summed E-state index contributed by atoms with van der Waals surface area (Å²) in [6.45, 7) is 3.98. The Kier molecular flexibility index (Phi) is 9.68. The number of hydrogen-bond donors (Lipinski definition) is 2. The summed E-state index contributed by atoms with van der Waals surface area (Å²) in [5.74, 6) is -0.937. The number of benzene rings is 1. The maximum Gasteiger partial charge on any atom is 0.286 e. The molecule has 0 unspecified atom stereocenters. The molecule has 2 amide bonds. The molecule has 1 aliphatic carbocycles. The van der Waals surface area contributed by atoms with Gasteiger partial charge in [0, 0.05) is 12.5 Å². The summed E-state index contributed by atoms with van der Waals surface area (Å²) in [6, 6.07) is 8.88. The molecule has 1 aromatic heterocycles. The third kappa shape index (κ3) is 7.41. The topological polar surface area (TPSA) is 114 Å². The monoisotopic (exact) mass is 486 g/mol. The maximum absolute atomic E-state index is 13.3. The highest BCUT2D eigenvalue weighted by Gasteiger charge is 2.35. The largest absolute Gasteiger partial charge is 0.408 e. The zero-order valence-corrected chi connectivity index (χ0v) is 20.9. The third-order valence-corrected chi connectivity index (χ3v) is 6.58. The van der Waals surface area contributed by atoms with Gasteiger partial charge in [0.25, 0.3) is 11.1 Å². The standard InChI is InChI=1S/C25H34N4O4S/c1-16(2)15-20(22(31)24-28-29-25(33-24)34-3)27-23(32)18-11-7-8-12-19(18)26-21(30)14-13-17-9-5-4-6-10-17/h4-6,9-10,16,18-20H,7-8,11-15H2,1-3H3,(H,26,30)(H,27,32)/t18-,19+,20+/m1/s1. The Hall–Kier alpha value is -2.68. The number of ketones is 1. The molecular formula is C25H34N4O4S. The average molecular weight is 487 g/mol. The van der Waals surface area contributed by atoms with E-state index in [0.717, 1.165) is 24.8 Å². The minimum atomic E-state index is -0.751. The van der Waals surface area contributed by atoms with Gasteiger partial charge in [-0.1, -0.05) is 68.8 Å². The number of carbonyl (C=O) groups excluding carboxylic acids is 3. The molecule has 1 heterocycles. The Bertz CT molecular complexity index is 963. The Balaban J connectivity index is 1.62. The molecular weight excluding hydrogens is 452 g/mol. The van der Waals surface area contributed by atoms with Crippen LogP contribution in [0.3, 0.4) is 0 Å². The number of thioether (sulfide) groups is 1. The van der Waals surface area contributed by atoms with Gasteiger partial charge in [0.05, 0.1) is 12.0 Å². The predicted octanol–water partition coefficient (Wildman–Crippen LogP) is 3.81. The van der Waals surface area contributed by atoms with Gasteiger partial charge in [0.1, 0.15) is 0 Å². The Morgan fingerprint density at radius 1 is 1.12 bits per heavy atom. The molecule has 2 aromatic rings. The normalized spacial score (nSPS) is 18.9. The smallest absolute Gasteiger partial charge is 0.286 e. The number of aryl methyl sites for hydroxylation is 1. The highest BCUT2D eigenvalue weighted by Crippen LogP contribution is 2.26. The molecule has 34 heavy (non-hydrogen) atoms. The van der Waals surface area contributed by atoms with E-state index in [-0.39, 0.29) is 41.4 Å². The van der Waals surface area contributed by atoms with Gasteiger partial charge in [-0.25, -0.2) is 0 Å². The fraction of sp³-hybridized carbons (Fsp3) is 0.560. The summed E-state index contributed by atoms with van der Waals surface area (Å²) >= 11 is 1.26. The van der Waals surface area contributed by atoms with Crippen LogP contribution >= 0.6 is 11.8 Å². The molecule has 1 aromatic carbocycles. The second kappa shape index (κ2) is 12.7. The van der Waals surface area contributed by atoms with Gasteiger partial charge in [0.15, 0.2) is 0 Å². The molecule has 184 valence electrons. The lowest BCUT2D eigenvalue weighted by molar-refractivity contribution is -0.128. The lowest BCUT2D eigenvalue weighted by atomic mass is 9.83. The first-order valence-electron chi connectivity index (χ1n) is 11.9. The van der Waals surface area contributed by atoms with E-state index in [4.69, 9.17) is 4.42 Å². The van der Waals surface area contributed by atoms with Gasteiger partial charge in [-0.05, 0) is 43.4 Å². The van der Waals surface area contributed by atoms with Crippen LogP contribution in [0.4, 0.5) is 0 Å². The van der Waals surface area contributed by atoms with E-state index in [2.05, 4.69) is 20.8 Å². The van der Waals surface area contributed by atoms with Gasteiger partial charge in [-0.3, -0.25) is 14.4 Å². The van der Waals surface area contributed by atoms with Crippen molar-refractivity contribution < 1.29 is 18.8 Å². The average Bonchev–Trinajstić information content (AvgIpc) is 3.32. The van der Waals surface area contributed by atoms with E-state index in [9.17, 15) is 14.4 Å². The van der Waals surface area contributed by atoms with Crippen molar-refractivity contribution in [3.05, 3.63) is 41.8 Å². The molecule has 8 nitrogen and oxygen atoms in total. The number of nitrogens with one attached hydrogen (secondary N) is 2. The lowest BCUT2D eigenvalue weighted by Gasteiger charge is -2.32. The molecule has 3 rings (SSSR count). The van der Waals surface area contributed by atoms with Crippen LogP contribution in [-0.2, 0) is 16.0 Å². The summed E-state index contributed by atoms with van der Waals surface area (Å²) < 4.78 is 5.40. The van der Waals surface area contributed by atoms with Crippen molar-refractivity contribution in [3.63, 3.8) is 0 Å². The van der Waals surface area contributed by atoms with E-state index < -0.39 is 6.04 Å². The summed E-state index contributed by atoms with van der Waals surface area (Å²) in [4.78, 5) is 38.9. The Morgan fingerprint density at radius 3 is 2.53 bits per heavy atom. The Morgan fingerprint density at radius 2 is 1.85 bits per heavy atom. The quantitative estimate of drug-likeness (QED) is 0.367. The van der Waals surface area contributed by atoms with Crippen LogP contribution in [0.1, 0.15) is 68.6 Å². The summed E-state index contributed by atoms with van der Waals surface area (Å²) in [5, 5.41) is 14.0. The van der Waals surface area contributed by atoms with Crippen molar-refractivity contribution >= 4 is 29.4 Å². The van der Waals surface area contributed by atoms with Crippen LogP contribution in [0.5, 0.6) is 0 Å². The SMILES string of the molecule is CSc1nnc(C(=O)[C@H](CC(C)C)NC(=O)[C@@H]2CCCC[C@@H]2NC(=O)CCc2ccccc2)o1. The zero-order chi connectivity index (χ0) is 24.5. The third-order valence-electron chi connectivity index (χ3n) is 6.06. The number of amides is 2. The minimum Gasteiger partial charge on any atom is -0.408 e. The number of nitrogens with zero attached hydrogens (tertiary/aromatic N) is 2. The number of carbonyl (C=O) groups is 3. The minimum absolute atomic E-state index is 0.0567. The first-order chi connectivity index (χ1) is 16.4. The van der Waals surface area contributed by atoms with Gasteiger partial charge in [0.2, 0.25) is 17.6 Å². The van der Waals surface area contributed by atoms with Gasteiger partial charge >= 0.3 is 0 Å². The molecule has 3 atom stereocenters. The van der Waals surface area contributed by atoms with Crippen molar-refractivity contribution in [3.8, 4) is 0 Å². The van der Waals surface area contributed by atoms with E-state index in [0.29, 0.717) is 30.9 Å². The van der Waals surface area contributed by atoms with Crippen molar-refractivity contribution in [2.24, 2.45) is 11.8 Å². The number of hydrogen-bond acceptors (Lipinski definition) is 7. The summed E-state index contributed by atoms with van der Waals surface area (Å²) in [5.41, 5.74) is 1.11. The fourth-order valence-corrected chi connectivity index (χ4v) is 4.61. The molecule has 0 spiro atoms. The molecule has 0 aliphatic heterocycles. The van der Waals surface area contributed by atoms with Crippen LogP contribution in [0.15, 0.2) is 40.0 Å². The van der Waals surface area contributed by atoms with Crippen LogP contribution < -0.4 is 10.6 Å². The molecule has 1 fully saturated rings. The van der Waals surface area contributed by atoms with E-state index in [1.54, 1.807) is 6.26 Å². The lowest BCUT2D eigenvalue weighted by Crippen LogP contribution is -2.52. The predicted molar refractivity (Wildman–Crippen MR) is 130 cm³/mol. The van der Waals surface area contributed by atoms with Crippen molar-refractivity contribution in [2.75, 3.05) is 6.26 Å². The number of Topliss-reactive ketones (excluding diaryl/α,β-unsaturated/α-hetero) is 1. The van der Waals surface area contributed by atoms with E-state index >= 15 is 0 Å². The number of rotatable bonds is 11. The molecule has 9 heteroatoms. The molecule has 1 saturated carbocycles. The Labute approximate surface area is 205 Å². The van der Waals surface area contributed by atoms with Gasteiger partial charge < -0.3 is 15.1 Å². The molecule has 2 N–H and O–H groups in total. The zero-order valence-electron chi connectivity index (χ0n) is 20.1. The van der Waals surface area contributed by atoms with Crippen molar-refractivity contribution in [2.45, 2.75) is 76.1 Å². The molecule has 0 bridgehead atoms. The van der Waals surface area contributed by atoms with E-state index in [1.807, 2.05) is 44.2 Å². The highest BCUT2D eigenvalue weighted by atomic mass is 32.2. The molecule has 0 saturated heterocycles. The van der Waals surface area contributed by atoms with Crippen LogP contribution in [0, 0.1) is 11.8 Å². The van der Waals surface area contributed by atoms with E-state index in [1.165, 1.54) is 11.8 Å². The molecule has 1 aliphatic rings. The van der Waals surface area contributed by atoms with Crippen LogP contribution in [-0.4, -0.2) is 46.1 Å². The second-order valence-electron chi connectivity index (χ2n) is 9.18. The maximum atomic E-state index is 13.3. The second-order valence-corrected chi connectivity index (χ2v) is 9.94. The first kappa shape index (κ1) is 25.9. The van der Waals surface area contributed by atoms with Crippen molar-refractivity contribution in [1.29, 1.82) is 0 Å². The van der Waals surface area contributed by atoms with Crippen molar-refractivity contribution in [1.82, 2.24) is 20.8 Å². The van der Waals surface area contributed by atoms with Crippen LogP contribution in [0.2, 0.25) is 0 Å². The summed E-state index contributed by atoms with van der Waals surface area (Å²) in [6.07, 6.45) is 6.57. The first-order valence-corrected chi connectivity index (χ1v) is 13.1. The van der Waals surface area contributed by atoms with Crippen LogP contribution in [0.25, 0.3) is 0 Å². The van der Waals surface area contributed by atoms with Gasteiger partial charge in [-0.15, -0.1) is 10.2 Å². The highest BCUT2D eigenvalue weighted by molar-refractivity contribution is 7.98. The number of aromatic nitrogens is 2. The van der Waals surface area contributed by atoms with Gasteiger partial charge in [-0.2, -0.15) is 0 Å².